The van der Waals surface area contributed by atoms with Crippen LogP contribution in [-0.4, -0.2) is 59.9 Å². The molecular weight excluding hydrogens is 412 g/mol. The van der Waals surface area contributed by atoms with E-state index in [2.05, 4.69) is 37.0 Å². The maximum atomic E-state index is 12.7. The van der Waals surface area contributed by atoms with Crippen molar-refractivity contribution in [1.82, 2.24) is 34.8 Å². The van der Waals surface area contributed by atoms with Gasteiger partial charge in [-0.2, -0.15) is 15.1 Å². The summed E-state index contributed by atoms with van der Waals surface area (Å²) < 4.78 is 6.43. The lowest BCUT2D eigenvalue weighted by Gasteiger charge is -2.10. The third-order valence-electron chi connectivity index (χ3n) is 4.58. The third-order valence-corrected chi connectivity index (χ3v) is 4.58. The Morgan fingerprint density at radius 1 is 1.28 bits per heavy atom. The number of nitrogens with two attached hydrogens (primary N) is 1. The van der Waals surface area contributed by atoms with Gasteiger partial charge in [0.15, 0.2) is 17.1 Å². The molecule has 0 saturated carbocycles. The standard InChI is InChI=1S/C21H20N8O3/c1-12-24-19(27-32-12)21(2,31)9-7-13-5-6-14-15(11-13)29(16-8-10-23-20(22)25-16)26-17(14)18(30)28(3)4/h5-6,8,10-11,31H,1-4H3,(H2,22,23,25). The number of aryl methyl sites for hydroxylation is 1. The fourth-order valence-electron chi connectivity index (χ4n) is 2.97. The molecule has 0 aliphatic rings. The maximum absolute atomic E-state index is 12.7. The fraction of sp³-hybridized carbons (Fsp3) is 0.238. The molecule has 1 amide bonds. The van der Waals surface area contributed by atoms with Crippen molar-refractivity contribution in [3.8, 4) is 17.7 Å². The monoisotopic (exact) mass is 432 g/mol. The Kier molecular flexibility index (Phi) is 5.07. The number of nitrogens with zero attached hydrogens (tertiary/aromatic N) is 7. The molecule has 4 rings (SSSR count). The Hall–Kier alpha value is -4.30. The van der Waals surface area contributed by atoms with E-state index in [1.54, 1.807) is 45.3 Å². The Labute approximate surface area is 182 Å². The lowest BCUT2D eigenvalue weighted by Crippen LogP contribution is -2.22. The summed E-state index contributed by atoms with van der Waals surface area (Å²) in [6.07, 6.45) is 1.51. The average Bonchev–Trinajstić information content (AvgIpc) is 3.36. The van der Waals surface area contributed by atoms with Crippen molar-refractivity contribution in [3.05, 3.63) is 53.4 Å². The summed E-state index contributed by atoms with van der Waals surface area (Å²) in [4.78, 5) is 26.3. The zero-order valence-corrected chi connectivity index (χ0v) is 17.9. The van der Waals surface area contributed by atoms with Crippen LogP contribution in [0.4, 0.5) is 5.95 Å². The first-order valence-electron chi connectivity index (χ1n) is 9.55. The minimum absolute atomic E-state index is 0.0731. The lowest BCUT2D eigenvalue weighted by molar-refractivity contribution is 0.0823. The van der Waals surface area contributed by atoms with Crippen LogP contribution in [0.5, 0.6) is 0 Å². The van der Waals surface area contributed by atoms with Gasteiger partial charge in [-0.05, 0) is 25.1 Å². The topological polar surface area (TPSA) is 149 Å². The number of hydrogen-bond donors (Lipinski definition) is 2. The number of carbonyl (C=O) groups is 1. The zero-order chi connectivity index (χ0) is 23.0. The van der Waals surface area contributed by atoms with Gasteiger partial charge >= 0.3 is 0 Å². The van der Waals surface area contributed by atoms with E-state index in [-0.39, 0.29) is 23.4 Å². The van der Waals surface area contributed by atoms with Crippen LogP contribution in [0, 0.1) is 18.8 Å². The van der Waals surface area contributed by atoms with Gasteiger partial charge in [-0.3, -0.25) is 4.79 Å². The summed E-state index contributed by atoms with van der Waals surface area (Å²) in [7, 11) is 3.30. The number of hydrogen-bond acceptors (Lipinski definition) is 9. The molecule has 0 spiro atoms. The summed E-state index contributed by atoms with van der Waals surface area (Å²) in [5, 5.41) is 19.4. The maximum Gasteiger partial charge on any atom is 0.274 e. The highest BCUT2D eigenvalue weighted by molar-refractivity contribution is 6.05. The molecule has 1 unspecified atom stereocenters. The highest BCUT2D eigenvalue weighted by Gasteiger charge is 2.26. The molecule has 0 saturated heterocycles. The largest absolute Gasteiger partial charge is 0.371 e. The van der Waals surface area contributed by atoms with Gasteiger partial charge in [-0.25, -0.2) is 9.67 Å². The Bertz CT molecular complexity index is 1390. The number of aromatic nitrogens is 6. The van der Waals surface area contributed by atoms with Gasteiger partial charge < -0.3 is 20.3 Å². The van der Waals surface area contributed by atoms with E-state index in [4.69, 9.17) is 10.3 Å². The number of amides is 1. The Morgan fingerprint density at radius 2 is 2.06 bits per heavy atom. The van der Waals surface area contributed by atoms with E-state index < -0.39 is 5.60 Å². The predicted molar refractivity (Wildman–Crippen MR) is 115 cm³/mol. The highest BCUT2D eigenvalue weighted by atomic mass is 16.5. The molecule has 0 aliphatic heterocycles. The first-order valence-corrected chi connectivity index (χ1v) is 9.55. The number of benzene rings is 1. The summed E-state index contributed by atoms with van der Waals surface area (Å²) in [6, 6.07) is 6.86. The molecule has 0 aliphatic carbocycles. The van der Waals surface area contributed by atoms with Crippen LogP contribution in [0.1, 0.15) is 34.7 Å². The molecule has 0 fully saturated rings. The van der Waals surface area contributed by atoms with Crippen molar-refractivity contribution in [3.63, 3.8) is 0 Å². The summed E-state index contributed by atoms with van der Waals surface area (Å²) in [5.74, 6) is 6.30. The smallest absolute Gasteiger partial charge is 0.274 e. The second kappa shape index (κ2) is 7.75. The number of nitrogen functional groups attached to an aromatic ring is 1. The number of rotatable bonds is 3. The average molecular weight is 432 g/mol. The molecule has 4 aromatic rings. The number of anilines is 1. The minimum atomic E-state index is -1.61. The molecule has 3 aromatic heterocycles. The summed E-state index contributed by atoms with van der Waals surface area (Å²) in [5.41, 5.74) is 5.55. The van der Waals surface area contributed by atoms with Gasteiger partial charge in [0.2, 0.25) is 17.7 Å². The number of fused-ring (bicyclic) bond motifs is 1. The molecule has 32 heavy (non-hydrogen) atoms. The quantitative estimate of drug-likeness (QED) is 0.453. The molecule has 3 N–H and O–H groups in total. The van der Waals surface area contributed by atoms with Crippen LogP contribution >= 0.6 is 0 Å². The molecule has 1 atom stereocenters. The van der Waals surface area contributed by atoms with E-state index in [1.165, 1.54) is 22.7 Å². The van der Waals surface area contributed by atoms with Crippen molar-refractivity contribution < 1.29 is 14.4 Å². The second-order valence-corrected chi connectivity index (χ2v) is 7.42. The van der Waals surface area contributed by atoms with Crippen molar-refractivity contribution in [2.24, 2.45) is 0 Å². The molecule has 162 valence electrons. The summed E-state index contributed by atoms with van der Waals surface area (Å²) in [6.45, 7) is 3.10. The lowest BCUT2D eigenvalue weighted by atomic mass is 10.1. The third kappa shape index (κ3) is 3.86. The second-order valence-electron chi connectivity index (χ2n) is 7.42. The van der Waals surface area contributed by atoms with E-state index in [0.717, 1.165) is 0 Å². The molecule has 11 heteroatoms. The van der Waals surface area contributed by atoms with E-state index in [9.17, 15) is 9.90 Å². The molecule has 3 heterocycles. The van der Waals surface area contributed by atoms with Crippen LogP contribution in [0.15, 0.2) is 35.0 Å². The molecule has 0 bridgehead atoms. The molecule has 1 aromatic carbocycles. The fourth-order valence-corrected chi connectivity index (χ4v) is 2.97. The van der Waals surface area contributed by atoms with E-state index in [1.807, 2.05) is 0 Å². The van der Waals surface area contributed by atoms with E-state index >= 15 is 0 Å². The van der Waals surface area contributed by atoms with Gasteiger partial charge in [0, 0.05) is 44.2 Å². The Balaban J connectivity index is 1.84. The van der Waals surface area contributed by atoms with Crippen LogP contribution in [0.2, 0.25) is 0 Å². The number of carbonyl (C=O) groups excluding carboxylic acids is 1. The SMILES string of the molecule is Cc1nc(C(C)(O)C#Cc2ccc3c(C(=O)N(C)C)nn(-c4ccnc(N)n4)c3c2)no1. The van der Waals surface area contributed by atoms with Gasteiger partial charge in [0.05, 0.1) is 5.52 Å². The van der Waals surface area contributed by atoms with Gasteiger partial charge in [0.1, 0.15) is 0 Å². The molecule has 0 radical (unpaired) electrons. The van der Waals surface area contributed by atoms with Crippen molar-refractivity contribution in [1.29, 1.82) is 0 Å². The Morgan fingerprint density at radius 3 is 2.72 bits per heavy atom. The first-order chi connectivity index (χ1) is 15.2. The zero-order valence-electron chi connectivity index (χ0n) is 17.9. The van der Waals surface area contributed by atoms with E-state index in [0.29, 0.717) is 28.2 Å². The number of aliphatic hydroxyl groups is 1. The first kappa shape index (κ1) is 21.0. The predicted octanol–water partition coefficient (Wildman–Crippen LogP) is 1.05. The summed E-state index contributed by atoms with van der Waals surface area (Å²) >= 11 is 0. The van der Waals surface area contributed by atoms with Gasteiger partial charge in [-0.1, -0.05) is 17.0 Å². The van der Waals surface area contributed by atoms with Crippen molar-refractivity contribution >= 4 is 22.8 Å². The van der Waals surface area contributed by atoms with Crippen molar-refractivity contribution in [2.45, 2.75) is 19.4 Å². The van der Waals surface area contributed by atoms with Crippen LogP contribution < -0.4 is 5.73 Å². The van der Waals surface area contributed by atoms with Crippen LogP contribution in [0.25, 0.3) is 16.7 Å². The van der Waals surface area contributed by atoms with Gasteiger partial charge in [-0.15, -0.1) is 0 Å². The van der Waals surface area contributed by atoms with Gasteiger partial charge in [0.25, 0.3) is 5.91 Å². The van der Waals surface area contributed by atoms with Crippen molar-refractivity contribution in [2.75, 3.05) is 19.8 Å². The van der Waals surface area contributed by atoms with Crippen LogP contribution in [0.3, 0.4) is 0 Å². The molecular formula is C21H20N8O3. The minimum Gasteiger partial charge on any atom is -0.371 e. The highest BCUT2D eigenvalue weighted by Crippen LogP contribution is 2.24. The van der Waals surface area contributed by atoms with Crippen LogP contribution in [-0.2, 0) is 5.60 Å². The normalized spacial score (nSPS) is 12.8. The molecule has 11 nitrogen and oxygen atoms in total.